The first kappa shape index (κ1) is 16.2. The van der Waals surface area contributed by atoms with Crippen molar-refractivity contribution in [1.29, 1.82) is 5.26 Å². The summed E-state index contributed by atoms with van der Waals surface area (Å²) in [7, 11) is 0. The van der Waals surface area contributed by atoms with Crippen molar-refractivity contribution < 1.29 is 4.79 Å². The van der Waals surface area contributed by atoms with Gasteiger partial charge in [-0.05, 0) is 77.4 Å². The molecule has 2 rings (SSSR count). The molecule has 0 aliphatic heterocycles. The summed E-state index contributed by atoms with van der Waals surface area (Å²) in [5, 5.41) is 12.0. The SMILES string of the molecule is Cc1cccc(NC(=O)/C(C#N)=C/c2ccc(I)cc2)c1C. The second kappa shape index (κ2) is 7.23. The van der Waals surface area contributed by atoms with Crippen molar-refractivity contribution in [3.8, 4) is 6.07 Å². The summed E-state index contributed by atoms with van der Waals surface area (Å²) < 4.78 is 1.10. The van der Waals surface area contributed by atoms with E-state index in [1.165, 1.54) is 0 Å². The number of nitriles is 1. The van der Waals surface area contributed by atoms with Crippen molar-refractivity contribution in [2.24, 2.45) is 0 Å². The molecule has 0 unspecified atom stereocenters. The Morgan fingerprint density at radius 1 is 1.18 bits per heavy atom. The smallest absolute Gasteiger partial charge is 0.266 e. The molecular formula is C18H15IN2O. The Bertz CT molecular complexity index is 771. The van der Waals surface area contributed by atoms with E-state index < -0.39 is 5.91 Å². The molecule has 0 spiro atoms. The van der Waals surface area contributed by atoms with Crippen LogP contribution in [0.4, 0.5) is 5.69 Å². The van der Waals surface area contributed by atoms with Crippen molar-refractivity contribution in [2.75, 3.05) is 5.32 Å². The van der Waals surface area contributed by atoms with E-state index >= 15 is 0 Å². The summed E-state index contributed by atoms with van der Waals surface area (Å²) in [5.41, 5.74) is 3.74. The summed E-state index contributed by atoms with van der Waals surface area (Å²) in [6.07, 6.45) is 1.59. The van der Waals surface area contributed by atoms with Crippen molar-refractivity contribution in [3.63, 3.8) is 0 Å². The van der Waals surface area contributed by atoms with Gasteiger partial charge in [-0.15, -0.1) is 0 Å². The molecule has 0 aliphatic rings. The van der Waals surface area contributed by atoms with E-state index in [9.17, 15) is 10.1 Å². The Hall–Kier alpha value is -2.13. The molecule has 1 N–H and O–H groups in total. The molecule has 110 valence electrons. The molecular weight excluding hydrogens is 387 g/mol. The molecule has 0 aromatic heterocycles. The first-order valence-corrected chi connectivity index (χ1v) is 7.84. The predicted octanol–water partition coefficient (Wildman–Crippen LogP) is 4.45. The Kier molecular flexibility index (Phi) is 5.34. The highest BCUT2D eigenvalue weighted by Gasteiger charge is 2.11. The van der Waals surface area contributed by atoms with Crippen LogP contribution in [0.2, 0.25) is 0 Å². The molecule has 22 heavy (non-hydrogen) atoms. The van der Waals surface area contributed by atoms with Crippen LogP contribution in [-0.2, 0) is 4.79 Å². The quantitative estimate of drug-likeness (QED) is 0.469. The molecule has 0 saturated carbocycles. The summed E-state index contributed by atoms with van der Waals surface area (Å²) in [5.74, 6) is -0.394. The lowest BCUT2D eigenvalue weighted by Gasteiger charge is -2.09. The van der Waals surface area contributed by atoms with Gasteiger partial charge in [-0.25, -0.2) is 0 Å². The van der Waals surface area contributed by atoms with Crippen LogP contribution in [-0.4, -0.2) is 5.91 Å². The molecule has 0 bridgehead atoms. The van der Waals surface area contributed by atoms with Crippen LogP contribution in [0, 0.1) is 28.7 Å². The minimum Gasteiger partial charge on any atom is -0.321 e. The molecule has 4 heteroatoms. The average molecular weight is 402 g/mol. The number of aryl methyl sites for hydroxylation is 1. The molecule has 2 aromatic rings. The Morgan fingerprint density at radius 3 is 2.50 bits per heavy atom. The van der Waals surface area contributed by atoms with Gasteiger partial charge in [0.05, 0.1) is 0 Å². The van der Waals surface area contributed by atoms with Gasteiger partial charge < -0.3 is 5.32 Å². The fraction of sp³-hybridized carbons (Fsp3) is 0.111. The number of amides is 1. The first-order chi connectivity index (χ1) is 10.5. The van der Waals surface area contributed by atoms with E-state index in [1.807, 2.05) is 62.4 Å². The van der Waals surface area contributed by atoms with Crippen molar-refractivity contribution >= 4 is 40.3 Å². The molecule has 1 amide bonds. The number of benzene rings is 2. The molecule has 0 heterocycles. The number of hydrogen-bond donors (Lipinski definition) is 1. The summed E-state index contributed by atoms with van der Waals surface area (Å²) >= 11 is 2.21. The van der Waals surface area contributed by atoms with E-state index in [2.05, 4.69) is 27.9 Å². The van der Waals surface area contributed by atoms with Gasteiger partial charge in [0.15, 0.2) is 0 Å². The van der Waals surface area contributed by atoms with Gasteiger partial charge in [-0.2, -0.15) is 5.26 Å². The van der Waals surface area contributed by atoms with E-state index in [4.69, 9.17) is 0 Å². The van der Waals surface area contributed by atoms with Crippen molar-refractivity contribution in [2.45, 2.75) is 13.8 Å². The van der Waals surface area contributed by atoms with Gasteiger partial charge in [-0.1, -0.05) is 24.3 Å². The third-order valence-electron chi connectivity index (χ3n) is 3.40. The molecule has 0 aliphatic carbocycles. The molecule has 0 radical (unpaired) electrons. The number of carbonyl (C=O) groups excluding carboxylic acids is 1. The zero-order valence-electron chi connectivity index (χ0n) is 12.4. The van der Waals surface area contributed by atoms with Crippen LogP contribution in [0.3, 0.4) is 0 Å². The van der Waals surface area contributed by atoms with Gasteiger partial charge in [0.2, 0.25) is 0 Å². The maximum absolute atomic E-state index is 12.3. The zero-order chi connectivity index (χ0) is 16.1. The molecule has 2 aromatic carbocycles. The number of carbonyl (C=O) groups is 1. The van der Waals surface area contributed by atoms with E-state index in [0.29, 0.717) is 0 Å². The van der Waals surface area contributed by atoms with Gasteiger partial charge in [-0.3, -0.25) is 4.79 Å². The monoisotopic (exact) mass is 402 g/mol. The van der Waals surface area contributed by atoms with Crippen LogP contribution in [0.15, 0.2) is 48.0 Å². The molecule has 3 nitrogen and oxygen atoms in total. The Balaban J connectivity index is 2.24. The third-order valence-corrected chi connectivity index (χ3v) is 4.12. The fourth-order valence-corrected chi connectivity index (χ4v) is 2.31. The lowest BCUT2D eigenvalue weighted by molar-refractivity contribution is -0.112. The Morgan fingerprint density at radius 2 is 1.86 bits per heavy atom. The van der Waals surface area contributed by atoms with E-state index in [1.54, 1.807) is 6.08 Å². The molecule has 0 saturated heterocycles. The lowest BCUT2D eigenvalue weighted by Crippen LogP contribution is -2.14. The van der Waals surface area contributed by atoms with Gasteiger partial charge >= 0.3 is 0 Å². The number of rotatable bonds is 3. The largest absolute Gasteiger partial charge is 0.321 e. The number of halogens is 1. The minimum atomic E-state index is -0.394. The van der Waals surface area contributed by atoms with Crippen molar-refractivity contribution in [1.82, 2.24) is 0 Å². The Labute approximate surface area is 143 Å². The van der Waals surface area contributed by atoms with E-state index in [0.717, 1.165) is 25.9 Å². The van der Waals surface area contributed by atoms with Crippen LogP contribution >= 0.6 is 22.6 Å². The topological polar surface area (TPSA) is 52.9 Å². The second-order valence-electron chi connectivity index (χ2n) is 4.92. The normalized spacial score (nSPS) is 10.9. The van der Waals surface area contributed by atoms with Gasteiger partial charge in [0.1, 0.15) is 11.6 Å². The highest BCUT2D eigenvalue weighted by Crippen LogP contribution is 2.19. The highest BCUT2D eigenvalue weighted by atomic mass is 127. The van der Waals surface area contributed by atoms with Gasteiger partial charge in [0.25, 0.3) is 5.91 Å². The average Bonchev–Trinajstić information content (AvgIpc) is 2.51. The van der Waals surface area contributed by atoms with Crippen LogP contribution in [0.5, 0.6) is 0 Å². The highest BCUT2D eigenvalue weighted by molar-refractivity contribution is 14.1. The third kappa shape index (κ3) is 3.95. The maximum Gasteiger partial charge on any atom is 0.266 e. The molecule has 0 atom stereocenters. The van der Waals surface area contributed by atoms with Crippen LogP contribution in [0.25, 0.3) is 6.08 Å². The zero-order valence-corrected chi connectivity index (χ0v) is 14.5. The second-order valence-corrected chi connectivity index (χ2v) is 6.17. The van der Waals surface area contributed by atoms with E-state index in [-0.39, 0.29) is 5.57 Å². The van der Waals surface area contributed by atoms with Crippen LogP contribution in [0.1, 0.15) is 16.7 Å². The van der Waals surface area contributed by atoms with Crippen molar-refractivity contribution in [3.05, 3.63) is 68.3 Å². The minimum absolute atomic E-state index is 0.0853. The predicted molar refractivity (Wildman–Crippen MR) is 97.3 cm³/mol. The van der Waals surface area contributed by atoms with Gasteiger partial charge in [0, 0.05) is 9.26 Å². The fourth-order valence-electron chi connectivity index (χ4n) is 1.95. The summed E-state index contributed by atoms with van der Waals surface area (Å²) in [6.45, 7) is 3.93. The number of hydrogen-bond acceptors (Lipinski definition) is 2. The summed E-state index contributed by atoms with van der Waals surface area (Å²) in [6, 6.07) is 15.3. The summed E-state index contributed by atoms with van der Waals surface area (Å²) in [4.78, 5) is 12.3. The standard InChI is InChI=1S/C18H15IN2O/c1-12-4-3-5-17(13(12)2)21-18(22)15(11-20)10-14-6-8-16(19)9-7-14/h3-10H,1-2H3,(H,21,22)/b15-10+. The van der Waals surface area contributed by atoms with Crippen LogP contribution < -0.4 is 5.32 Å². The maximum atomic E-state index is 12.3. The number of nitrogens with one attached hydrogen (secondary N) is 1. The lowest BCUT2D eigenvalue weighted by atomic mass is 10.1. The molecule has 0 fully saturated rings. The first-order valence-electron chi connectivity index (χ1n) is 6.76. The number of anilines is 1. The number of nitrogens with zero attached hydrogens (tertiary/aromatic N) is 1.